The smallest absolute Gasteiger partial charge is 0.252 e. The van der Waals surface area contributed by atoms with E-state index in [-0.39, 0.29) is 17.7 Å². The third-order valence-corrected chi connectivity index (χ3v) is 5.18. The van der Waals surface area contributed by atoms with Crippen molar-refractivity contribution in [1.29, 1.82) is 0 Å². The van der Waals surface area contributed by atoms with Crippen LogP contribution in [0.15, 0.2) is 54.6 Å². The van der Waals surface area contributed by atoms with E-state index in [1.807, 2.05) is 68.4 Å². The van der Waals surface area contributed by atoms with Crippen LogP contribution in [0.2, 0.25) is 0 Å². The zero-order valence-corrected chi connectivity index (χ0v) is 16.7. The van der Waals surface area contributed by atoms with Crippen molar-refractivity contribution in [2.45, 2.75) is 39.2 Å². The topological polar surface area (TPSA) is 71.1 Å². The number of carbonyl (C=O) groups is 2. The number of hydrogen-bond donors (Lipinski definition) is 2. The number of nitrogens with zero attached hydrogens (tertiary/aromatic N) is 1. The second-order valence-corrected chi connectivity index (χ2v) is 7.91. The van der Waals surface area contributed by atoms with Crippen LogP contribution in [0.1, 0.15) is 54.2 Å². The molecule has 0 atom stereocenters. The molecular weight excluding hydrogens is 362 g/mol. The molecule has 29 heavy (non-hydrogen) atoms. The lowest BCUT2D eigenvalue weighted by Crippen LogP contribution is -2.23. The van der Waals surface area contributed by atoms with E-state index >= 15 is 0 Å². The van der Waals surface area contributed by atoms with Crippen molar-refractivity contribution in [3.63, 3.8) is 0 Å². The van der Waals surface area contributed by atoms with Gasteiger partial charge in [-0.1, -0.05) is 44.2 Å². The van der Waals surface area contributed by atoms with Gasteiger partial charge in [-0.25, -0.2) is 0 Å². The van der Waals surface area contributed by atoms with Gasteiger partial charge >= 0.3 is 0 Å². The van der Waals surface area contributed by atoms with Gasteiger partial charge in [0.15, 0.2) is 0 Å². The minimum atomic E-state index is -0.0947. The second-order valence-electron chi connectivity index (χ2n) is 7.91. The van der Waals surface area contributed by atoms with Crippen LogP contribution in [0.25, 0.3) is 10.9 Å². The molecule has 5 nitrogen and oxygen atoms in total. The van der Waals surface area contributed by atoms with E-state index in [0.29, 0.717) is 18.0 Å². The maximum atomic E-state index is 12.9. The second kappa shape index (κ2) is 8.03. The van der Waals surface area contributed by atoms with Gasteiger partial charge in [-0.2, -0.15) is 0 Å². The van der Waals surface area contributed by atoms with Gasteiger partial charge in [0.05, 0.1) is 11.1 Å². The molecular formula is C24H25N3O2. The molecule has 1 aliphatic carbocycles. The zero-order valence-electron chi connectivity index (χ0n) is 16.7. The maximum absolute atomic E-state index is 12.9. The van der Waals surface area contributed by atoms with Gasteiger partial charge in [0, 0.05) is 35.1 Å². The Morgan fingerprint density at radius 1 is 1.07 bits per heavy atom. The van der Waals surface area contributed by atoms with E-state index in [1.165, 1.54) is 0 Å². The molecule has 1 fully saturated rings. The number of para-hydroxylation sites is 1. The zero-order chi connectivity index (χ0) is 20.4. The van der Waals surface area contributed by atoms with Crippen LogP contribution in [0.3, 0.4) is 0 Å². The van der Waals surface area contributed by atoms with Gasteiger partial charge < -0.3 is 10.6 Å². The summed E-state index contributed by atoms with van der Waals surface area (Å²) in [6.07, 6.45) is 2.29. The number of nitrogens with one attached hydrogen (secondary N) is 2. The van der Waals surface area contributed by atoms with Gasteiger partial charge in [0.2, 0.25) is 5.91 Å². The number of hydrogen-bond acceptors (Lipinski definition) is 3. The van der Waals surface area contributed by atoms with Crippen molar-refractivity contribution in [1.82, 2.24) is 10.3 Å². The third-order valence-electron chi connectivity index (χ3n) is 5.18. The van der Waals surface area contributed by atoms with Gasteiger partial charge in [-0.15, -0.1) is 0 Å². The predicted octanol–water partition coefficient (Wildman–Crippen LogP) is 4.64. The summed E-state index contributed by atoms with van der Waals surface area (Å²) in [5.74, 6) is 0.314. The molecule has 0 radical (unpaired) electrons. The molecule has 1 saturated carbocycles. The Morgan fingerprint density at radius 2 is 1.79 bits per heavy atom. The summed E-state index contributed by atoms with van der Waals surface area (Å²) >= 11 is 0. The molecule has 0 bridgehead atoms. The Labute approximate surface area is 170 Å². The molecule has 1 aromatic heterocycles. The predicted molar refractivity (Wildman–Crippen MR) is 115 cm³/mol. The van der Waals surface area contributed by atoms with Crippen LogP contribution in [0.4, 0.5) is 5.69 Å². The first-order valence-electron chi connectivity index (χ1n) is 10.1. The monoisotopic (exact) mass is 387 g/mol. The average molecular weight is 387 g/mol. The van der Waals surface area contributed by atoms with Crippen LogP contribution < -0.4 is 10.6 Å². The molecule has 4 rings (SSSR count). The minimum absolute atomic E-state index is 0.0120. The van der Waals surface area contributed by atoms with Crippen molar-refractivity contribution in [3.05, 3.63) is 71.4 Å². The molecule has 0 saturated heterocycles. The van der Waals surface area contributed by atoms with E-state index in [1.54, 1.807) is 0 Å². The SMILES string of the molecule is CC(C)C(=O)Nc1ccc(CNC(=O)c2cc(C3CC3)nc3ccccc23)cc1. The Hall–Kier alpha value is -3.21. The fourth-order valence-corrected chi connectivity index (χ4v) is 3.24. The molecule has 2 amide bonds. The molecule has 0 aliphatic heterocycles. The number of benzene rings is 2. The lowest BCUT2D eigenvalue weighted by Gasteiger charge is -2.11. The summed E-state index contributed by atoms with van der Waals surface area (Å²) in [7, 11) is 0. The summed E-state index contributed by atoms with van der Waals surface area (Å²) < 4.78 is 0. The summed E-state index contributed by atoms with van der Waals surface area (Å²) in [6, 6.07) is 17.3. The first kappa shape index (κ1) is 19.1. The number of rotatable bonds is 6. The lowest BCUT2D eigenvalue weighted by molar-refractivity contribution is -0.118. The molecule has 1 heterocycles. The number of fused-ring (bicyclic) bond motifs is 1. The number of pyridine rings is 1. The standard InChI is InChI=1S/C24H25N3O2/c1-15(2)23(28)26-18-11-7-16(8-12-18)14-25-24(29)20-13-22(17-9-10-17)27-21-6-4-3-5-19(20)21/h3-8,11-13,15,17H,9-10,14H2,1-2H3,(H,25,29)(H,26,28). The van der Waals surface area contributed by atoms with Crippen LogP contribution in [0, 0.1) is 5.92 Å². The van der Waals surface area contributed by atoms with Crippen molar-refractivity contribution in [3.8, 4) is 0 Å². The molecule has 0 unspecified atom stereocenters. The molecule has 0 spiro atoms. The largest absolute Gasteiger partial charge is 0.348 e. The average Bonchev–Trinajstić information content (AvgIpc) is 3.57. The van der Waals surface area contributed by atoms with E-state index < -0.39 is 0 Å². The van der Waals surface area contributed by atoms with Crippen molar-refractivity contribution in [2.75, 3.05) is 5.32 Å². The van der Waals surface area contributed by atoms with Gasteiger partial charge in [0.1, 0.15) is 0 Å². The number of anilines is 1. The molecule has 148 valence electrons. The molecule has 2 aromatic carbocycles. The van der Waals surface area contributed by atoms with Crippen LogP contribution in [0.5, 0.6) is 0 Å². The molecule has 1 aliphatic rings. The Kier molecular flexibility index (Phi) is 5.30. The highest BCUT2D eigenvalue weighted by molar-refractivity contribution is 6.06. The first-order valence-corrected chi connectivity index (χ1v) is 10.1. The van der Waals surface area contributed by atoms with E-state index in [2.05, 4.69) is 10.6 Å². The maximum Gasteiger partial charge on any atom is 0.252 e. The number of amides is 2. The van der Waals surface area contributed by atoms with Crippen LogP contribution in [-0.4, -0.2) is 16.8 Å². The van der Waals surface area contributed by atoms with Gasteiger partial charge in [-0.05, 0) is 42.7 Å². The molecule has 3 aromatic rings. The Balaban J connectivity index is 1.47. The van der Waals surface area contributed by atoms with Gasteiger partial charge in [0.25, 0.3) is 5.91 Å². The Bertz CT molecular complexity index is 1050. The summed E-state index contributed by atoms with van der Waals surface area (Å²) in [5, 5.41) is 6.76. The van der Waals surface area contributed by atoms with Crippen LogP contribution >= 0.6 is 0 Å². The lowest BCUT2D eigenvalue weighted by atomic mass is 10.1. The fraction of sp³-hybridized carbons (Fsp3) is 0.292. The fourth-order valence-electron chi connectivity index (χ4n) is 3.24. The highest BCUT2D eigenvalue weighted by Gasteiger charge is 2.26. The first-order chi connectivity index (χ1) is 14.0. The summed E-state index contributed by atoms with van der Waals surface area (Å²) in [6.45, 7) is 4.14. The number of carbonyl (C=O) groups excluding carboxylic acids is 2. The number of aromatic nitrogens is 1. The van der Waals surface area contributed by atoms with E-state index in [4.69, 9.17) is 4.98 Å². The third kappa shape index (κ3) is 4.45. The van der Waals surface area contributed by atoms with Crippen molar-refractivity contribution < 1.29 is 9.59 Å². The summed E-state index contributed by atoms with van der Waals surface area (Å²) in [4.78, 5) is 29.4. The van der Waals surface area contributed by atoms with Gasteiger partial charge in [-0.3, -0.25) is 14.6 Å². The van der Waals surface area contributed by atoms with Crippen molar-refractivity contribution in [2.24, 2.45) is 5.92 Å². The molecule has 5 heteroatoms. The van der Waals surface area contributed by atoms with Crippen molar-refractivity contribution >= 4 is 28.4 Å². The van der Waals surface area contributed by atoms with E-state index in [9.17, 15) is 9.59 Å². The highest BCUT2D eigenvalue weighted by atomic mass is 16.2. The minimum Gasteiger partial charge on any atom is -0.348 e. The highest BCUT2D eigenvalue weighted by Crippen LogP contribution is 2.40. The summed E-state index contributed by atoms with van der Waals surface area (Å²) in [5.41, 5.74) is 4.29. The Morgan fingerprint density at radius 3 is 2.48 bits per heavy atom. The normalized spacial score (nSPS) is 13.5. The van der Waals surface area contributed by atoms with Crippen LogP contribution in [-0.2, 0) is 11.3 Å². The molecule has 2 N–H and O–H groups in total. The quantitative estimate of drug-likeness (QED) is 0.647. The van der Waals surface area contributed by atoms with E-state index in [0.717, 1.165) is 40.7 Å².